The number of Topliss-reactive ketones (excluding diaryl/α,β-unsaturated/α-hetero) is 1. The average molecular weight is 231 g/mol. The van der Waals surface area contributed by atoms with Gasteiger partial charge in [-0.25, -0.2) is 0 Å². The summed E-state index contributed by atoms with van der Waals surface area (Å²) in [5, 5.41) is 9.11. The van der Waals surface area contributed by atoms with E-state index in [1.165, 1.54) is 0 Å². The lowest BCUT2D eigenvalue weighted by Gasteiger charge is -2.13. The summed E-state index contributed by atoms with van der Waals surface area (Å²) < 4.78 is 5.15. The highest BCUT2D eigenvalue weighted by atomic mass is 16.5. The largest absolute Gasteiger partial charge is 0.496 e. The Labute approximate surface area is 102 Å². The Hall–Kier alpha value is -1.82. The first-order valence-electron chi connectivity index (χ1n) is 5.59. The van der Waals surface area contributed by atoms with E-state index in [0.717, 1.165) is 16.9 Å². The second kappa shape index (κ2) is 5.49. The van der Waals surface area contributed by atoms with Gasteiger partial charge in [-0.2, -0.15) is 5.26 Å². The van der Waals surface area contributed by atoms with Crippen LogP contribution in [0, 0.1) is 24.2 Å². The summed E-state index contributed by atoms with van der Waals surface area (Å²) >= 11 is 0. The number of methoxy groups -OCH3 is 1. The fraction of sp³-hybridized carbons (Fsp3) is 0.429. The van der Waals surface area contributed by atoms with Gasteiger partial charge in [-0.15, -0.1) is 0 Å². The van der Waals surface area contributed by atoms with Crippen molar-refractivity contribution in [1.82, 2.24) is 0 Å². The van der Waals surface area contributed by atoms with Crippen LogP contribution in [0.4, 0.5) is 0 Å². The van der Waals surface area contributed by atoms with Crippen molar-refractivity contribution in [2.24, 2.45) is 5.92 Å². The molecule has 0 fully saturated rings. The van der Waals surface area contributed by atoms with Crippen LogP contribution < -0.4 is 4.74 Å². The summed E-state index contributed by atoms with van der Waals surface area (Å²) in [5.74, 6) is -0.0961. The minimum atomic E-state index is -0.681. The summed E-state index contributed by atoms with van der Waals surface area (Å²) in [5.41, 5.74) is 1.67. The van der Waals surface area contributed by atoms with Gasteiger partial charge in [-0.3, -0.25) is 4.79 Å². The number of ketones is 1. The zero-order valence-corrected chi connectivity index (χ0v) is 10.7. The molecular weight excluding hydrogens is 214 g/mol. The Morgan fingerprint density at radius 2 is 2.06 bits per heavy atom. The first-order chi connectivity index (χ1) is 8.01. The van der Waals surface area contributed by atoms with E-state index in [4.69, 9.17) is 10.00 Å². The van der Waals surface area contributed by atoms with Crippen molar-refractivity contribution in [2.45, 2.75) is 26.7 Å². The predicted octanol–water partition coefficient (Wildman–Crippen LogP) is 2.84. The fourth-order valence-electron chi connectivity index (χ4n) is 1.72. The number of hydrogen-bond acceptors (Lipinski definition) is 3. The third-order valence-corrected chi connectivity index (χ3v) is 2.73. The van der Waals surface area contributed by atoms with Crippen molar-refractivity contribution in [1.29, 1.82) is 5.26 Å². The molecule has 0 bridgehead atoms. The van der Waals surface area contributed by atoms with Crippen LogP contribution in [-0.4, -0.2) is 12.9 Å². The van der Waals surface area contributed by atoms with Crippen LogP contribution in [0.1, 0.15) is 30.9 Å². The average Bonchev–Trinajstić information content (AvgIpc) is 2.30. The van der Waals surface area contributed by atoms with Gasteiger partial charge in [-0.1, -0.05) is 26.0 Å². The highest BCUT2D eigenvalue weighted by molar-refractivity contribution is 5.89. The number of aryl methyl sites for hydroxylation is 1. The van der Waals surface area contributed by atoms with Crippen LogP contribution in [0.3, 0.4) is 0 Å². The second-order valence-corrected chi connectivity index (χ2v) is 4.35. The molecule has 0 aliphatic heterocycles. The number of benzene rings is 1. The van der Waals surface area contributed by atoms with Crippen LogP contribution >= 0.6 is 0 Å². The first-order valence-corrected chi connectivity index (χ1v) is 5.59. The molecule has 0 saturated heterocycles. The lowest BCUT2D eigenvalue weighted by atomic mass is 9.89. The molecule has 1 rings (SSSR count). The van der Waals surface area contributed by atoms with E-state index in [1.54, 1.807) is 19.2 Å². The molecule has 1 unspecified atom stereocenters. The SMILES string of the molecule is COc1ccc(C(C#N)C(=O)C(C)C)cc1C. The standard InChI is InChI=1S/C14H17NO2/c1-9(2)14(16)12(8-15)11-5-6-13(17-4)10(3)7-11/h5-7,9,12H,1-4H3. The molecule has 0 spiro atoms. The molecule has 0 saturated carbocycles. The van der Waals surface area contributed by atoms with Gasteiger partial charge >= 0.3 is 0 Å². The number of rotatable bonds is 4. The Kier molecular flexibility index (Phi) is 4.28. The highest BCUT2D eigenvalue weighted by Gasteiger charge is 2.23. The monoisotopic (exact) mass is 231 g/mol. The molecule has 1 atom stereocenters. The summed E-state index contributed by atoms with van der Waals surface area (Å²) in [4.78, 5) is 11.9. The van der Waals surface area contributed by atoms with Crippen molar-refractivity contribution >= 4 is 5.78 Å². The molecular formula is C14H17NO2. The Morgan fingerprint density at radius 1 is 1.41 bits per heavy atom. The van der Waals surface area contributed by atoms with Gasteiger partial charge in [0.05, 0.1) is 13.2 Å². The molecule has 0 radical (unpaired) electrons. The minimum absolute atomic E-state index is 0.0444. The zero-order valence-electron chi connectivity index (χ0n) is 10.7. The van der Waals surface area contributed by atoms with Gasteiger partial charge in [-0.05, 0) is 24.1 Å². The molecule has 1 aromatic rings. The Balaban J connectivity index is 3.11. The van der Waals surface area contributed by atoms with Crippen molar-refractivity contribution in [2.75, 3.05) is 7.11 Å². The smallest absolute Gasteiger partial charge is 0.156 e. The van der Waals surface area contributed by atoms with Crippen LogP contribution in [0.25, 0.3) is 0 Å². The lowest BCUT2D eigenvalue weighted by Crippen LogP contribution is -2.16. The van der Waals surface area contributed by atoms with Crippen LogP contribution in [0.15, 0.2) is 18.2 Å². The molecule has 3 heteroatoms. The maximum absolute atomic E-state index is 11.9. The molecule has 0 heterocycles. The maximum Gasteiger partial charge on any atom is 0.156 e. The quantitative estimate of drug-likeness (QED) is 0.800. The summed E-state index contributed by atoms with van der Waals surface area (Å²) in [7, 11) is 1.60. The topological polar surface area (TPSA) is 50.1 Å². The molecule has 17 heavy (non-hydrogen) atoms. The van der Waals surface area contributed by atoms with E-state index in [0.29, 0.717) is 0 Å². The lowest BCUT2D eigenvalue weighted by molar-refractivity contribution is -0.122. The van der Waals surface area contributed by atoms with E-state index in [1.807, 2.05) is 26.8 Å². The fourth-order valence-corrected chi connectivity index (χ4v) is 1.72. The Morgan fingerprint density at radius 3 is 2.47 bits per heavy atom. The van der Waals surface area contributed by atoms with Gasteiger partial charge < -0.3 is 4.74 Å². The third-order valence-electron chi connectivity index (χ3n) is 2.73. The van der Waals surface area contributed by atoms with Crippen LogP contribution in [0.5, 0.6) is 5.75 Å². The minimum Gasteiger partial charge on any atom is -0.496 e. The molecule has 0 aliphatic carbocycles. The number of carbonyl (C=O) groups excluding carboxylic acids is 1. The van der Waals surface area contributed by atoms with E-state index < -0.39 is 5.92 Å². The predicted molar refractivity (Wildman–Crippen MR) is 65.9 cm³/mol. The van der Waals surface area contributed by atoms with E-state index >= 15 is 0 Å². The summed E-state index contributed by atoms with van der Waals surface area (Å²) in [6.07, 6.45) is 0. The van der Waals surface area contributed by atoms with Crippen LogP contribution in [0.2, 0.25) is 0 Å². The summed E-state index contributed by atoms with van der Waals surface area (Å²) in [6.45, 7) is 5.52. The van der Waals surface area contributed by atoms with Crippen LogP contribution in [-0.2, 0) is 4.79 Å². The maximum atomic E-state index is 11.9. The molecule has 0 amide bonds. The van der Waals surface area contributed by atoms with E-state index in [2.05, 4.69) is 6.07 Å². The number of carbonyl (C=O) groups is 1. The van der Waals surface area contributed by atoms with Gasteiger partial charge in [0.25, 0.3) is 0 Å². The molecule has 0 aromatic heterocycles. The van der Waals surface area contributed by atoms with Crippen molar-refractivity contribution in [3.8, 4) is 11.8 Å². The van der Waals surface area contributed by atoms with Crippen molar-refractivity contribution in [3.05, 3.63) is 29.3 Å². The second-order valence-electron chi connectivity index (χ2n) is 4.35. The highest BCUT2D eigenvalue weighted by Crippen LogP contribution is 2.25. The number of hydrogen-bond donors (Lipinski definition) is 0. The van der Waals surface area contributed by atoms with Crippen molar-refractivity contribution < 1.29 is 9.53 Å². The normalized spacial score (nSPS) is 12.0. The Bertz CT molecular complexity index is 458. The van der Waals surface area contributed by atoms with Gasteiger partial charge in [0.1, 0.15) is 11.7 Å². The van der Waals surface area contributed by atoms with Gasteiger partial charge in [0.2, 0.25) is 0 Å². The zero-order chi connectivity index (χ0) is 13.0. The molecule has 1 aromatic carbocycles. The molecule has 3 nitrogen and oxygen atoms in total. The van der Waals surface area contributed by atoms with E-state index in [-0.39, 0.29) is 11.7 Å². The molecule has 0 aliphatic rings. The molecule has 0 N–H and O–H groups in total. The van der Waals surface area contributed by atoms with Crippen molar-refractivity contribution in [3.63, 3.8) is 0 Å². The van der Waals surface area contributed by atoms with Gasteiger partial charge in [0.15, 0.2) is 5.78 Å². The number of nitriles is 1. The van der Waals surface area contributed by atoms with Gasteiger partial charge in [0, 0.05) is 5.92 Å². The summed E-state index contributed by atoms with van der Waals surface area (Å²) in [6, 6.07) is 7.49. The third kappa shape index (κ3) is 2.85. The number of ether oxygens (including phenoxy) is 1. The first kappa shape index (κ1) is 13.2. The number of nitrogens with zero attached hydrogens (tertiary/aromatic N) is 1. The molecule has 90 valence electrons. The van der Waals surface area contributed by atoms with E-state index in [9.17, 15) is 4.79 Å².